The molecular formula is C20H23N3O. The van der Waals surface area contributed by atoms with Gasteiger partial charge in [-0.05, 0) is 48.9 Å². The van der Waals surface area contributed by atoms with Crippen LogP contribution >= 0.6 is 0 Å². The van der Waals surface area contributed by atoms with Crippen molar-refractivity contribution in [2.45, 2.75) is 44.3 Å². The third-order valence-corrected chi connectivity index (χ3v) is 5.85. The van der Waals surface area contributed by atoms with Crippen LogP contribution in [0.25, 0.3) is 0 Å². The van der Waals surface area contributed by atoms with Crippen molar-refractivity contribution in [3.8, 4) is 0 Å². The monoisotopic (exact) mass is 321 g/mol. The number of nitrogens with two attached hydrogens (primary N) is 1. The lowest BCUT2D eigenvalue weighted by Gasteiger charge is -2.35. The molecule has 2 aliphatic heterocycles. The molecule has 1 amide bonds. The molecule has 124 valence electrons. The number of carbonyl (C=O) groups is 1. The van der Waals surface area contributed by atoms with Crippen molar-refractivity contribution in [1.29, 1.82) is 0 Å². The van der Waals surface area contributed by atoms with Crippen LogP contribution < -0.4 is 5.73 Å². The van der Waals surface area contributed by atoms with Crippen LogP contribution in [0.2, 0.25) is 0 Å². The first-order valence-corrected chi connectivity index (χ1v) is 8.67. The number of hydrogen-bond acceptors (Lipinski definition) is 3. The topological polar surface area (TPSA) is 59.2 Å². The van der Waals surface area contributed by atoms with Crippen LogP contribution in [-0.4, -0.2) is 27.9 Å². The number of fused-ring (bicyclic) bond motifs is 2. The van der Waals surface area contributed by atoms with E-state index in [1.165, 1.54) is 17.5 Å². The highest BCUT2D eigenvalue weighted by atomic mass is 16.1. The van der Waals surface area contributed by atoms with Gasteiger partial charge in [-0.1, -0.05) is 30.3 Å². The second kappa shape index (κ2) is 6.02. The largest absolute Gasteiger partial charge is 0.369 e. The van der Waals surface area contributed by atoms with Crippen molar-refractivity contribution in [3.63, 3.8) is 0 Å². The summed E-state index contributed by atoms with van der Waals surface area (Å²) in [5, 5.41) is 0. The van der Waals surface area contributed by atoms with Gasteiger partial charge in [0.15, 0.2) is 0 Å². The Hall–Kier alpha value is -2.20. The minimum atomic E-state index is -0.433. The maximum absolute atomic E-state index is 12.5. The Balaban J connectivity index is 1.61. The number of benzene rings is 1. The molecule has 2 N–H and O–H groups in total. The van der Waals surface area contributed by atoms with E-state index in [1.807, 2.05) is 30.6 Å². The molecule has 4 heteroatoms. The third-order valence-electron chi connectivity index (χ3n) is 5.85. The minimum Gasteiger partial charge on any atom is -0.369 e. The molecule has 0 unspecified atom stereocenters. The van der Waals surface area contributed by atoms with Crippen LogP contribution in [0, 0.1) is 5.41 Å². The average Bonchev–Trinajstić information content (AvgIpc) is 3.12. The van der Waals surface area contributed by atoms with E-state index in [4.69, 9.17) is 5.73 Å². The Kier molecular flexibility index (Phi) is 3.85. The summed E-state index contributed by atoms with van der Waals surface area (Å²) in [5.74, 6) is -0.140. The molecule has 2 saturated heterocycles. The van der Waals surface area contributed by atoms with Gasteiger partial charge in [0.1, 0.15) is 0 Å². The molecule has 4 rings (SSSR count). The standard InChI is InChI=1S/C20H23N3O/c21-19(24)20(12-15-4-2-1-3-5-15)13-17-6-7-18(20)23(17)14-16-8-10-22-11-9-16/h1-5,8-11,17-18H,6-7,12-14H2,(H2,21,24)/t17-,18+,20+/m0/s1. The molecule has 24 heavy (non-hydrogen) atoms. The van der Waals surface area contributed by atoms with Crippen LogP contribution in [0.1, 0.15) is 30.4 Å². The predicted molar refractivity (Wildman–Crippen MR) is 93.0 cm³/mol. The molecule has 0 aliphatic carbocycles. The summed E-state index contributed by atoms with van der Waals surface area (Å²) in [5.41, 5.74) is 7.97. The molecule has 2 fully saturated rings. The summed E-state index contributed by atoms with van der Waals surface area (Å²) < 4.78 is 0. The number of hydrogen-bond donors (Lipinski definition) is 1. The van der Waals surface area contributed by atoms with Crippen LogP contribution in [-0.2, 0) is 17.8 Å². The van der Waals surface area contributed by atoms with Crippen molar-refractivity contribution in [1.82, 2.24) is 9.88 Å². The van der Waals surface area contributed by atoms with Crippen LogP contribution in [0.5, 0.6) is 0 Å². The second-order valence-corrected chi connectivity index (χ2v) is 7.16. The van der Waals surface area contributed by atoms with Gasteiger partial charge in [-0.3, -0.25) is 14.7 Å². The lowest BCUT2D eigenvalue weighted by Crippen LogP contribution is -2.48. The molecule has 1 aromatic heterocycles. The lowest BCUT2D eigenvalue weighted by molar-refractivity contribution is -0.129. The zero-order valence-corrected chi connectivity index (χ0v) is 13.8. The van der Waals surface area contributed by atoms with Crippen molar-refractivity contribution in [3.05, 3.63) is 66.0 Å². The van der Waals surface area contributed by atoms with Gasteiger partial charge in [-0.25, -0.2) is 0 Å². The molecular weight excluding hydrogens is 298 g/mol. The molecule has 2 aliphatic rings. The molecule has 3 heterocycles. The third kappa shape index (κ3) is 2.51. The van der Waals surface area contributed by atoms with Crippen molar-refractivity contribution < 1.29 is 4.79 Å². The molecule has 1 aromatic carbocycles. The van der Waals surface area contributed by atoms with Gasteiger partial charge in [0, 0.05) is 31.0 Å². The Morgan fingerprint density at radius 2 is 1.88 bits per heavy atom. The normalized spacial score (nSPS) is 29.0. The van der Waals surface area contributed by atoms with E-state index in [1.54, 1.807) is 0 Å². The molecule has 2 aromatic rings. The second-order valence-electron chi connectivity index (χ2n) is 7.16. The number of amides is 1. The summed E-state index contributed by atoms with van der Waals surface area (Å²) in [4.78, 5) is 19.1. The molecule has 2 bridgehead atoms. The molecule has 4 nitrogen and oxygen atoms in total. The molecule has 3 atom stereocenters. The van der Waals surface area contributed by atoms with Gasteiger partial charge in [-0.15, -0.1) is 0 Å². The van der Waals surface area contributed by atoms with E-state index in [9.17, 15) is 4.79 Å². The van der Waals surface area contributed by atoms with E-state index >= 15 is 0 Å². The highest BCUT2D eigenvalue weighted by molar-refractivity contribution is 5.83. The fourth-order valence-electron chi connectivity index (χ4n) is 4.75. The van der Waals surface area contributed by atoms with Gasteiger partial charge in [0.25, 0.3) is 0 Å². The number of carbonyl (C=O) groups excluding carboxylic acids is 1. The van der Waals surface area contributed by atoms with Gasteiger partial charge < -0.3 is 5.73 Å². The Morgan fingerprint density at radius 3 is 2.58 bits per heavy atom. The fraction of sp³-hybridized carbons (Fsp3) is 0.400. The zero-order chi connectivity index (χ0) is 16.6. The van der Waals surface area contributed by atoms with Crippen LogP contribution in [0.4, 0.5) is 0 Å². The maximum Gasteiger partial charge on any atom is 0.225 e. The van der Waals surface area contributed by atoms with Gasteiger partial charge in [-0.2, -0.15) is 0 Å². The molecule has 0 saturated carbocycles. The molecule has 0 spiro atoms. The zero-order valence-electron chi connectivity index (χ0n) is 13.8. The minimum absolute atomic E-state index is 0.140. The van der Waals surface area contributed by atoms with Crippen molar-refractivity contribution in [2.24, 2.45) is 11.1 Å². The van der Waals surface area contributed by atoms with Gasteiger partial charge in [0.05, 0.1) is 5.41 Å². The molecule has 0 radical (unpaired) electrons. The van der Waals surface area contributed by atoms with Gasteiger partial charge >= 0.3 is 0 Å². The maximum atomic E-state index is 12.5. The van der Waals surface area contributed by atoms with Gasteiger partial charge in [0.2, 0.25) is 5.91 Å². The highest BCUT2D eigenvalue weighted by Gasteiger charge is 2.58. The Bertz CT molecular complexity index is 718. The quantitative estimate of drug-likeness (QED) is 0.920. The van der Waals surface area contributed by atoms with Crippen molar-refractivity contribution in [2.75, 3.05) is 0 Å². The SMILES string of the molecule is NC(=O)[C@]1(Cc2ccccc2)C[C@@H]2CC[C@H]1N2Cc1ccncc1. The highest BCUT2D eigenvalue weighted by Crippen LogP contribution is 2.51. The summed E-state index contributed by atoms with van der Waals surface area (Å²) in [6.45, 7) is 0.877. The number of aromatic nitrogens is 1. The van der Waals surface area contributed by atoms with E-state index in [0.717, 1.165) is 25.8 Å². The Morgan fingerprint density at radius 1 is 1.12 bits per heavy atom. The smallest absolute Gasteiger partial charge is 0.225 e. The van der Waals surface area contributed by atoms with E-state index in [0.29, 0.717) is 6.04 Å². The van der Waals surface area contributed by atoms with E-state index in [-0.39, 0.29) is 11.9 Å². The summed E-state index contributed by atoms with van der Waals surface area (Å²) in [6, 6.07) is 15.1. The number of rotatable bonds is 5. The van der Waals surface area contributed by atoms with E-state index in [2.05, 4.69) is 34.1 Å². The lowest BCUT2D eigenvalue weighted by atomic mass is 9.69. The van der Waals surface area contributed by atoms with Crippen LogP contribution in [0.3, 0.4) is 0 Å². The summed E-state index contributed by atoms with van der Waals surface area (Å²) >= 11 is 0. The fourth-order valence-corrected chi connectivity index (χ4v) is 4.75. The van der Waals surface area contributed by atoms with E-state index < -0.39 is 5.41 Å². The number of pyridine rings is 1. The van der Waals surface area contributed by atoms with Crippen molar-refractivity contribution >= 4 is 5.91 Å². The summed E-state index contributed by atoms with van der Waals surface area (Å²) in [7, 11) is 0. The first-order valence-electron chi connectivity index (χ1n) is 8.67. The average molecular weight is 321 g/mol. The van der Waals surface area contributed by atoms with Crippen LogP contribution in [0.15, 0.2) is 54.9 Å². The first kappa shape index (κ1) is 15.3. The first-order chi connectivity index (χ1) is 11.7. The summed E-state index contributed by atoms with van der Waals surface area (Å²) in [6.07, 6.45) is 7.52. The number of nitrogens with zero attached hydrogens (tertiary/aromatic N) is 2. The number of primary amides is 1. The Labute approximate surface area is 142 Å². The predicted octanol–water partition coefficient (Wildman–Crippen LogP) is 2.53.